The van der Waals surface area contributed by atoms with Crippen LogP contribution in [0.25, 0.3) is 0 Å². The molecule has 1 unspecified atom stereocenters. The lowest BCUT2D eigenvalue weighted by molar-refractivity contribution is 0.139. The van der Waals surface area contributed by atoms with Gasteiger partial charge >= 0.3 is 0 Å². The Hall–Kier alpha value is -0.0800. The van der Waals surface area contributed by atoms with E-state index >= 15 is 0 Å². The molecule has 0 saturated carbocycles. The molecule has 0 aliphatic heterocycles. The third-order valence-corrected chi connectivity index (χ3v) is 2.18. The molecule has 0 aromatic rings. The Bertz CT molecular complexity index is 93.8. The molecule has 0 aliphatic rings. The minimum atomic E-state index is 0.644. The molecule has 12 heavy (non-hydrogen) atoms. The maximum absolute atomic E-state index is 5.28. The molecule has 0 spiro atoms. The van der Waals surface area contributed by atoms with Crippen molar-refractivity contribution in [3.63, 3.8) is 0 Å². The van der Waals surface area contributed by atoms with Gasteiger partial charge in [0.2, 0.25) is 0 Å². The Morgan fingerprint density at radius 2 is 2.00 bits per heavy atom. The molecule has 0 aromatic carbocycles. The molecule has 1 atom stereocenters. The van der Waals surface area contributed by atoms with Crippen LogP contribution < -0.4 is 5.32 Å². The molecule has 0 aliphatic carbocycles. The van der Waals surface area contributed by atoms with Gasteiger partial charge < -0.3 is 10.1 Å². The van der Waals surface area contributed by atoms with Gasteiger partial charge in [0.1, 0.15) is 0 Å². The van der Waals surface area contributed by atoms with Gasteiger partial charge in [-0.3, -0.25) is 0 Å². The first-order valence-corrected chi connectivity index (χ1v) is 4.97. The van der Waals surface area contributed by atoms with Crippen molar-refractivity contribution >= 4 is 0 Å². The zero-order valence-electron chi connectivity index (χ0n) is 8.89. The van der Waals surface area contributed by atoms with Gasteiger partial charge in [-0.1, -0.05) is 13.8 Å². The third-order valence-electron chi connectivity index (χ3n) is 2.18. The Morgan fingerprint density at radius 3 is 2.42 bits per heavy atom. The highest BCUT2D eigenvalue weighted by Crippen LogP contribution is 2.07. The second kappa shape index (κ2) is 7.56. The van der Waals surface area contributed by atoms with E-state index in [0.29, 0.717) is 6.04 Å². The summed E-state index contributed by atoms with van der Waals surface area (Å²) in [6.07, 6.45) is 2.38. The van der Waals surface area contributed by atoms with Crippen LogP contribution in [0.4, 0.5) is 0 Å². The minimum Gasteiger partial charge on any atom is -0.382 e. The van der Waals surface area contributed by atoms with Crippen LogP contribution in [0.15, 0.2) is 0 Å². The Kier molecular flexibility index (Phi) is 7.51. The average molecular weight is 173 g/mol. The maximum Gasteiger partial charge on any atom is 0.0466 e. The average Bonchev–Trinajstić information content (AvgIpc) is 2.04. The molecule has 0 radical (unpaired) electrons. The van der Waals surface area contributed by atoms with Crippen molar-refractivity contribution in [1.82, 2.24) is 5.32 Å². The lowest BCUT2D eigenvalue weighted by Crippen LogP contribution is -2.30. The van der Waals surface area contributed by atoms with Gasteiger partial charge in [-0.15, -0.1) is 0 Å². The molecule has 1 N–H and O–H groups in total. The monoisotopic (exact) mass is 173 g/mol. The number of ether oxygens (including phenoxy) is 1. The lowest BCUT2D eigenvalue weighted by atomic mass is 10.00. The molecular formula is C10H23NO. The van der Waals surface area contributed by atoms with Crippen molar-refractivity contribution in [1.29, 1.82) is 0 Å². The topological polar surface area (TPSA) is 21.3 Å². The molecule has 0 fully saturated rings. The van der Waals surface area contributed by atoms with E-state index in [-0.39, 0.29) is 0 Å². The van der Waals surface area contributed by atoms with E-state index in [1.807, 2.05) is 14.0 Å². The van der Waals surface area contributed by atoms with Crippen LogP contribution in [0, 0.1) is 5.92 Å². The quantitative estimate of drug-likeness (QED) is 0.595. The first-order valence-electron chi connectivity index (χ1n) is 4.97. The molecule has 0 bridgehead atoms. The fourth-order valence-electron chi connectivity index (χ4n) is 1.36. The van der Waals surface area contributed by atoms with Gasteiger partial charge in [0.25, 0.3) is 0 Å². The number of rotatable bonds is 7. The molecule has 74 valence electrons. The van der Waals surface area contributed by atoms with Crippen LogP contribution in [-0.2, 0) is 4.74 Å². The number of hydrogen-bond donors (Lipinski definition) is 1. The third kappa shape index (κ3) is 5.56. The molecule has 0 heterocycles. The first kappa shape index (κ1) is 11.9. The van der Waals surface area contributed by atoms with E-state index in [0.717, 1.165) is 25.6 Å². The highest BCUT2D eigenvalue weighted by molar-refractivity contribution is 4.67. The van der Waals surface area contributed by atoms with E-state index < -0.39 is 0 Å². The Morgan fingerprint density at radius 1 is 1.33 bits per heavy atom. The smallest absolute Gasteiger partial charge is 0.0466 e. The highest BCUT2D eigenvalue weighted by atomic mass is 16.5. The van der Waals surface area contributed by atoms with Crippen LogP contribution in [0.3, 0.4) is 0 Å². The van der Waals surface area contributed by atoms with Gasteiger partial charge in [-0.05, 0) is 32.7 Å². The maximum atomic E-state index is 5.28. The van der Waals surface area contributed by atoms with Gasteiger partial charge in [0.05, 0.1) is 0 Å². The molecule has 0 aromatic heterocycles. The molecule has 0 amide bonds. The largest absolute Gasteiger partial charge is 0.382 e. The van der Waals surface area contributed by atoms with E-state index in [1.165, 1.54) is 6.42 Å². The fourth-order valence-corrected chi connectivity index (χ4v) is 1.36. The summed E-state index contributed by atoms with van der Waals surface area (Å²) in [4.78, 5) is 0. The van der Waals surface area contributed by atoms with Crippen molar-refractivity contribution in [3.05, 3.63) is 0 Å². The SMILES string of the molecule is CCOCCCC(NC)C(C)C. The van der Waals surface area contributed by atoms with Crippen LogP contribution in [0.2, 0.25) is 0 Å². The van der Waals surface area contributed by atoms with Crippen LogP contribution in [0.5, 0.6) is 0 Å². The van der Waals surface area contributed by atoms with Crippen molar-refractivity contribution in [2.75, 3.05) is 20.3 Å². The summed E-state index contributed by atoms with van der Waals surface area (Å²) in [6, 6.07) is 0.644. The molecule has 2 heteroatoms. The van der Waals surface area contributed by atoms with Crippen LogP contribution in [-0.4, -0.2) is 26.3 Å². The zero-order valence-corrected chi connectivity index (χ0v) is 8.89. The predicted octanol–water partition coefficient (Wildman–Crippen LogP) is 2.05. The summed E-state index contributed by atoms with van der Waals surface area (Å²) in [5, 5.41) is 3.32. The van der Waals surface area contributed by atoms with Crippen LogP contribution >= 0.6 is 0 Å². The van der Waals surface area contributed by atoms with Gasteiger partial charge in [0, 0.05) is 19.3 Å². The number of nitrogens with one attached hydrogen (secondary N) is 1. The lowest BCUT2D eigenvalue weighted by Gasteiger charge is -2.19. The second-order valence-electron chi connectivity index (χ2n) is 3.48. The van der Waals surface area contributed by atoms with Crippen molar-refractivity contribution in [2.45, 2.75) is 39.7 Å². The van der Waals surface area contributed by atoms with E-state index in [1.54, 1.807) is 0 Å². The molecule has 2 nitrogen and oxygen atoms in total. The van der Waals surface area contributed by atoms with E-state index in [4.69, 9.17) is 4.74 Å². The predicted molar refractivity (Wildman–Crippen MR) is 53.4 cm³/mol. The standard InChI is InChI=1S/C10H23NO/c1-5-12-8-6-7-10(11-4)9(2)3/h9-11H,5-8H2,1-4H3. The molecule has 0 rings (SSSR count). The number of hydrogen-bond acceptors (Lipinski definition) is 2. The minimum absolute atomic E-state index is 0.644. The zero-order chi connectivity index (χ0) is 9.40. The van der Waals surface area contributed by atoms with Gasteiger partial charge in [-0.2, -0.15) is 0 Å². The summed E-state index contributed by atoms with van der Waals surface area (Å²) in [7, 11) is 2.03. The van der Waals surface area contributed by atoms with Crippen molar-refractivity contribution in [2.24, 2.45) is 5.92 Å². The normalized spacial score (nSPS) is 13.8. The first-order chi connectivity index (χ1) is 5.72. The van der Waals surface area contributed by atoms with E-state index in [9.17, 15) is 0 Å². The fraction of sp³-hybridized carbons (Fsp3) is 1.00. The van der Waals surface area contributed by atoms with E-state index in [2.05, 4.69) is 19.2 Å². The summed E-state index contributed by atoms with van der Waals surface area (Å²) >= 11 is 0. The summed E-state index contributed by atoms with van der Waals surface area (Å²) < 4.78 is 5.28. The highest BCUT2D eigenvalue weighted by Gasteiger charge is 2.09. The van der Waals surface area contributed by atoms with Gasteiger partial charge in [-0.25, -0.2) is 0 Å². The van der Waals surface area contributed by atoms with Crippen molar-refractivity contribution < 1.29 is 4.74 Å². The Balaban J connectivity index is 3.32. The van der Waals surface area contributed by atoms with Crippen molar-refractivity contribution in [3.8, 4) is 0 Å². The molecule has 0 saturated heterocycles. The van der Waals surface area contributed by atoms with Crippen LogP contribution in [0.1, 0.15) is 33.6 Å². The Labute approximate surface area is 76.7 Å². The van der Waals surface area contributed by atoms with Gasteiger partial charge in [0.15, 0.2) is 0 Å². The second-order valence-corrected chi connectivity index (χ2v) is 3.48. The summed E-state index contributed by atoms with van der Waals surface area (Å²) in [5.41, 5.74) is 0. The summed E-state index contributed by atoms with van der Waals surface area (Å²) in [5.74, 6) is 0.719. The summed E-state index contributed by atoms with van der Waals surface area (Å²) in [6.45, 7) is 8.29. The molecular weight excluding hydrogens is 150 g/mol.